The van der Waals surface area contributed by atoms with Crippen LogP contribution >= 0.6 is 11.3 Å². The molecule has 9 heteroatoms. The van der Waals surface area contributed by atoms with E-state index in [1.807, 2.05) is 4.90 Å². The summed E-state index contributed by atoms with van der Waals surface area (Å²) in [6.45, 7) is 1.59. The van der Waals surface area contributed by atoms with Crippen LogP contribution in [0.4, 0.5) is 5.13 Å². The molecule has 2 fully saturated rings. The van der Waals surface area contributed by atoms with Gasteiger partial charge in [0.25, 0.3) is 5.91 Å². The van der Waals surface area contributed by atoms with Crippen LogP contribution in [0, 0.1) is 0 Å². The van der Waals surface area contributed by atoms with Crippen molar-refractivity contribution in [3.63, 3.8) is 0 Å². The number of nitrogens with zero attached hydrogens (tertiary/aromatic N) is 3. The molecule has 2 aromatic rings. The summed E-state index contributed by atoms with van der Waals surface area (Å²) in [6.07, 6.45) is 5.32. The summed E-state index contributed by atoms with van der Waals surface area (Å²) in [7, 11) is 1.57. The lowest BCUT2D eigenvalue weighted by atomic mass is 10.1. The van der Waals surface area contributed by atoms with Gasteiger partial charge in [0.1, 0.15) is 12.3 Å². The number of aromatic nitrogens is 1. The van der Waals surface area contributed by atoms with Crippen molar-refractivity contribution in [1.29, 1.82) is 0 Å². The molecule has 1 aromatic heterocycles. The van der Waals surface area contributed by atoms with Crippen LogP contribution in [0.25, 0.3) is 0 Å². The van der Waals surface area contributed by atoms with Crippen molar-refractivity contribution in [2.24, 2.45) is 0 Å². The lowest BCUT2D eigenvalue weighted by Crippen LogP contribution is -2.39. The molecule has 8 nitrogen and oxygen atoms in total. The number of methoxy groups -OCH3 is 1. The van der Waals surface area contributed by atoms with Gasteiger partial charge in [-0.1, -0.05) is 0 Å². The van der Waals surface area contributed by atoms with Crippen molar-refractivity contribution >= 4 is 34.2 Å². The highest BCUT2D eigenvalue weighted by atomic mass is 32.1. The van der Waals surface area contributed by atoms with E-state index in [9.17, 15) is 14.4 Å². The first-order valence-electron chi connectivity index (χ1n) is 11.0. The van der Waals surface area contributed by atoms with Gasteiger partial charge in [-0.2, -0.15) is 0 Å². The number of hydrogen-bond acceptors (Lipinski definition) is 6. The molecule has 170 valence electrons. The Labute approximate surface area is 191 Å². The number of ether oxygens (including phenoxy) is 1. The Kier molecular flexibility index (Phi) is 7.04. The largest absolute Gasteiger partial charge is 0.497 e. The maximum absolute atomic E-state index is 12.9. The molecular formula is C23H28N4O4S. The number of thiazole rings is 1. The van der Waals surface area contributed by atoms with E-state index in [0.29, 0.717) is 22.1 Å². The second-order valence-electron chi connectivity index (χ2n) is 8.20. The fourth-order valence-corrected chi connectivity index (χ4v) is 4.55. The zero-order chi connectivity index (χ0) is 22.5. The number of anilines is 1. The molecule has 3 amide bonds. The Morgan fingerprint density at radius 2 is 1.88 bits per heavy atom. The van der Waals surface area contributed by atoms with Crippen LogP contribution in [0.5, 0.6) is 5.75 Å². The van der Waals surface area contributed by atoms with Crippen molar-refractivity contribution in [2.75, 3.05) is 32.1 Å². The Morgan fingerprint density at radius 1 is 1.16 bits per heavy atom. The number of benzene rings is 1. The molecule has 1 N–H and O–H groups in total. The molecule has 0 atom stereocenters. The molecule has 2 heterocycles. The Bertz CT molecular complexity index is 965. The summed E-state index contributed by atoms with van der Waals surface area (Å²) < 4.78 is 5.14. The molecule has 4 rings (SSSR count). The standard InChI is InChI=1S/C23H28N4O4S/c1-31-19-9-5-16(6-10-19)22(30)27(18-7-8-18)14-20(28)25-23-24-17(15-32-23)13-21(29)26-11-3-2-4-12-26/h5-6,9-10,15,18H,2-4,7-8,11-14H2,1H3,(H,24,25,28). The molecule has 0 spiro atoms. The van der Waals surface area contributed by atoms with Crippen molar-refractivity contribution in [2.45, 2.75) is 44.6 Å². The number of amides is 3. The van der Waals surface area contributed by atoms with Crippen LogP contribution in [-0.2, 0) is 16.0 Å². The minimum Gasteiger partial charge on any atom is -0.497 e. The highest BCUT2D eigenvalue weighted by molar-refractivity contribution is 7.13. The highest BCUT2D eigenvalue weighted by Crippen LogP contribution is 2.28. The van der Waals surface area contributed by atoms with Crippen molar-refractivity contribution in [1.82, 2.24) is 14.8 Å². The number of nitrogens with one attached hydrogen (secondary N) is 1. The average Bonchev–Trinajstić information content (AvgIpc) is 3.58. The van der Waals surface area contributed by atoms with E-state index in [-0.39, 0.29) is 36.7 Å². The molecule has 2 aliphatic rings. The van der Waals surface area contributed by atoms with Gasteiger partial charge in [-0.3, -0.25) is 14.4 Å². The minimum atomic E-state index is -0.290. The predicted molar refractivity (Wildman–Crippen MR) is 122 cm³/mol. The fraction of sp³-hybridized carbons (Fsp3) is 0.478. The summed E-state index contributed by atoms with van der Waals surface area (Å²) in [5, 5.41) is 5.03. The van der Waals surface area contributed by atoms with E-state index >= 15 is 0 Å². The zero-order valence-electron chi connectivity index (χ0n) is 18.2. The van der Waals surface area contributed by atoms with Gasteiger partial charge < -0.3 is 19.9 Å². The summed E-state index contributed by atoms with van der Waals surface area (Å²) in [5.74, 6) is 0.299. The molecule has 1 aliphatic carbocycles. The molecule has 0 radical (unpaired) electrons. The first kappa shape index (κ1) is 22.3. The van der Waals surface area contributed by atoms with Gasteiger partial charge in [-0.25, -0.2) is 4.98 Å². The lowest BCUT2D eigenvalue weighted by molar-refractivity contribution is -0.131. The number of hydrogen-bond donors (Lipinski definition) is 1. The predicted octanol–water partition coefficient (Wildman–Crippen LogP) is 2.95. The maximum atomic E-state index is 12.9. The van der Waals surface area contributed by atoms with Crippen LogP contribution in [0.1, 0.15) is 48.2 Å². The topological polar surface area (TPSA) is 91.8 Å². The van der Waals surface area contributed by atoms with Crippen LogP contribution in [-0.4, -0.2) is 65.3 Å². The summed E-state index contributed by atoms with van der Waals surface area (Å²) in [6, 6.07) is 6.98. The van der Waals surface area contributed by atoms with Crippen LogP contribution < -0.4 is 10.1 Å². The number of piperidine rings is 1. The van der Waals surface area contributed by atoms with E-state index in [0.717, 1.165) is 38.8 Å². The second kappa shape index (κ2) is 10.1. The number of carbonyl (C=O) groups is 3. The van der Waals surface area contributed by atoms with Gasteiger partial charge in [0.05, 0.1) is 19.2 Å². The Balaban J connectivity index is 1.32. The van der Waals surface area contributed by atoms with Crippen molar-refractivity contribution in [3.05, 3.63) is 40.9 Å². The molecule has 0 unspecified atom stereocenters. The fourth-order valence-electron chi connectivity index (χ4n) is 3.82. The third-order valence-electron chi connectivity index (χ3n) is 5.74. The molecule has 32 heavy (non-hydrogen) atoms. The smallest absolute Gasteiger partial charge is 0.254 e. The van der Waals surface area contributed by atoms with Gasteiger partial charge >= 0.3 is 0 Å². The summed E-state index contributed by atoms with van der Waals surface area (Å²) in [4.78, 5) is 45.9. The van der Waals surface area contributed by atoms with Gasteiger partial charge in [-0.15, -0.1) is 11.3 Å². The number of likely N-dealkylation sites (tertiary alicyclic amines) is 1. The van der Waals surface area contributed by atoms with Crippen molar-refractivity contribution in [3.8, 4) is 5.75 Å². The van der Waals surface area contributed by atoms with Crippen molar-refractivity contribution < 1.29 is 19.1 Å². The maximum Gasteiger partial charge on any atom is 0.254 e. The highest BCUT2D eigenvalue weighted by Gasteiger charge is 2.34. The first-order chi connectivity index (χ1) is 15.5. The number of rotatable bonds is 8. The lowest BCUT2D eigenvalue weighted by Gasteiger charge is -2.26. The van der Waals surface area contributed by atoms with Crippen LogP contribution in [0.3, 0.4) is 0 Å². The van der Waals surface area contributed by atoms with Gasteiger partial charge in [0, 0.05) is 30.1 Å². The normalized spacial score (nSPS) is 15.8. The Morgan fingerprint density at radius 3 is 2.53 bits per heavy atom. The number of carbonyl (C=O) groups excluding carboxylic acids is 3. The van der Waals surface area contributed by atoms with Gasteiger partial charge in [-0.05, 0) is 56.4 Å². The van der Waals surface area contributed by atoms with Crippen LogP contribution in [0.2, 0.25) is 0 Å². The van der Waals surface area contributed by atoms with E-state index in [4.69, 9.17) is 4.74 Å². The monoisotopic (exact) mass is 456 g/mol. The van der Waals surface area contributed by atoms with Gasteiger partial charge in [0.2, 0.25) is 11.8 Å². The minimum absolute atomic E-state index is 0.0306. The van der Waals surface area contributed by atoms with Gasteiger partial charge in [0.15, 0.2) is 5.13 Å². The SMILES string of the molecule is COc1ccc(C(=O)N(CC(=O)Nc2nc(CC(=O)N3CCCCC3)cs2)C2CC2)cc1. The second-order valence-corrected chi connectivity index (χ2v) is 9.06. The van der Waals surface area contributed by atoms with Crippen LogP contribution in [0.15, 0.2) is 29.6 Å². The molecular weight excluding hydrogens is 428 g/mol. The quantitative estimate of drug-likeness (QED) is 0.659. The van der Waals surface area contributed by atoms with E-state index in [2.05, 4.69) is 10.3 Å². The zero-order valence-corrected chi connectivity index (χ0v) is 19.0. The summed E-state index contributed by atoms with van der Waals surface area (Å²) >= 11 is 1.30. The molecule has 1 aromatic carbocycles. The molecule has 1 aliphatic heterocycles. The Hall–Kier alpha value is -2.94. The molecule has 1 saturated heterocycles. The third-order valence-corrected chi connectivity index (χ3v) is 6.55. The van der Waals surface area contributed by atoms with E-state index in [1.165, 1.54) is 17.8 Å². The molecule has 1 saturated carbocycles. The van der Waals surface area contributed by atoms with E-state index in [1.54, 1.807) is 41.7 Å². The van der Waals surface area contributed by atoms with E-state index < -0.39 is 0 Å². The molecule has 0 bridgehead atoms. The average molecular weight is 457 g/mol. The summed E-state index contributed by atoms with van der Waals surface area (Å²) in [5.41, 5.74) is 1.19. The third kappa shape index (κ3) is 5.64. The first-order valence-corrected chi connectivity index (χ1v) is 11.9.